The first-order chi connectivity index (χ1) is 12.7. The molecule has 1 amide bonds. The molecule has 7 heteroatoms. The van der Waals surface area contributed by atoms with Gasteiger partial charge in [0.15, 0.2) is 0 Å². The lowest BCUT2D eigenvalue weighted by Crippen LogP contribution is -2.14. The van der Waals surface area contributed by atoms with Gasteiger partial charge < -0.3 is 4.42 Å². The lowest BCUT2D eigenvalue weighted by atomic mass is 10.1. The van der Waals surface area contributed by atoms with Gasteiger partial charge in [0.25, 0.3) is 0 Å². The number of nitrogens with zero attached hydrogens (tertiary/aromatic N) is 2. The topological polar surface area (TPSA) is 68.0 Å². The average Bonchev–Trinajstić information content (AvgIpc) is 3.09. The van der Waals surface area contributed by atoms with Crippen LogP contribution < -0.4 is 5.32 Å². The predicted molar refractivity (Wildman–Crippen MR) is 106 cm³/mol. The van der Waals surface area contributed by atoms with Crippen LogP contribution in [-0.2, 0) is 11.2 Å². The van der Waals surface area contributed by atoms with Gasteiger partial charge in [0.1, 0.15) is 0 Å². The molecule has 1 aromatic heterocycles. The van der Waals surface area contributed by atoms with Gasteiger partial charge >= 0.3 is 6.01 Å². The van der Waals surface area contributed by atoms with Gasteiger partial charge in [-0.1, -0.05) is 42.4 Å². The van der Waals surface area contributed by atoms with Crippen molar-refractivity contribution in [3.8, 4) is 0 Å². The summed E-state index contributed by atoms with van der Waals surface area (Å²) in [7, 11) is 0. The Bertz CT molecular complexity index is 836. The van der Waals surface area contributed by atoms with E-state index in [-0.39, 0.29) is 17.7 Å². The third-order valence-corrected chi connectivity index (χ3v) is 5.32. The fourth-order valence-corrected chi connectivity index (χ4v) is 3.62. The van der Waals surface area contributed by atoms with Crippen molar-refractivity contribution >= 4 is 35.4 Å². The second-order valence-electron chi connectivity index (χ2n) is 5.40. The van der Waals surface area contributed by atoms with Crippen LogP contribution >= 0.6 is 23.5 Å². The van der Waals surface area contributed by atoms with Crippen molar-refractivity contribution in [3.63, 3.8) is 0 Å². The zero-order chi connectivity index (χ0) is 18.2. The fraction of sp³-hybridized carbons (Fsp3) is 0.211. The highest BCUT2D eigenvalue weighted by molar-refractivity contribution is 8.00. The van der Waals surface area contributed by atoms with E-state index in [1.54, 1.807) is 11.8 Å². The molecule has 0 aliphatic rings. The molecule has 0 spiro atoms. The number of thioether (sulfide) groups is 2. The number of carbonyl (C=O) groups excluding carboxylic acids is 1. The van der Waals surface area contributed by atoms with Crippen molar-refractivity contribution in [1.82, 2.24) is 10.2 Å². The molecular weight excluding hydrogens is 366 g/mol. The van der Waals surface area contributed by atoms with Gasteiger partial charge in [-0.3, -0.25) is 10.1 Å². The number of rotatable bonds is 8. The molecule has 2 aromatic carbocycles. The van der Waals surface area contributed by atoms with Crippen LogP contribution in [0, 0.1) is 0 Å². The van der Waals surface area contributed by atoms with Crippen molar-refractivity contribution in [2.45, 2.75) is 23.1 Å². The highest BCUT2D eigenvalue weighted by Gasteiger charge is 2.11. The number of carbonyl (C=O) groups is 1. The van der Waals surface area contributed by atoms with Gasteiger partial charge in [-0.05, 0) is 35.6 Å². The van der Waals surface area contributed by atoms with E-state index in [4.69, 9.17) is 4.42 Å². The molecule has 1 N–H and O–H groups in total. The molecule has 0 saturated carbocycles. The van der Waals surface area contributed by atoms with Crippen molar-refractivity contribution in [2.24, 2.45) is 0 Å². The Morgan fingerprint density at radius 2 is 1.73 bits per heavy atom. The lowest BCUT2D eigenvalue weighted by molar-refractivity contribution is -0.113. The van der Waals surface area contributed by atoms with Crippen LogP contribution in [0.25, 0.3) is 0 Å². The standard InChI is InChI=1S/C19H19N3O2S2/c1-2-25-16-10-8-14(9-11-16)12-18-21-22-19(24-18)20-17(23)13-26-15-6-4-3-5-7-15/h3-11H,2,12-13H2,1H3,(H,20,22,23). The first kappa shape index (κ1) is 18.5. The van der Waals surface area contributed by atoms with E-state index in [0.29, 0.717) is 12.3 Å². The Balaban J connectivity index is 1.50. The Kier molecular flexibility index (Phi) is 6.74. The van der Waals surface area contributed by atoms with Crippen molar-refractivity contribution < 1.29 is 9.21 Å². The highest BCUT2D eigenvalue weighted by atomic mass is 32.2. The fourth-order valence-electron chi connectivity index (χ4n) is 2.24. The largest absolute Gasteiger partial charge is 0.407 e. The molecule has 0 radical (unpaired) electrons. The molecule has 0 aliphatic heterocycles. The normalized spacial score (nSPS) is 10.7. The van der Waals surface area contributed by atoms with Gasteiger partial charge in [0.2, 0.25) is 11.8 Å². The summed E-state index contributed by atoms with van der Waals surface area (Å²) in [6.45, 7) is 2.13. The van der Waals surface area contributed by atoms with Crippen LogP contribution in [0.5, 0.6) is 0 Å². The zero-order valence-corrected chi connectivity index (χ0v) is 16.0. The van der Waals surface area contributed by atoms with Crippen molar-refractivity contribution in [1.29, 1.82) is 0 Å². The molecule has 3 aromatic rings. The third-order valence-electron chi connectivity index (χ3n) is 3.42. The predicted octanol–water partition coefficient (Wildman–Crippen LogP) is 4.50. The first-order valence-electron chi connectivity index (χ1n) is 8.25. The summed E-state index contributed by atoms with van der Waals surface area (Å²) in [5, 5.41) is 10.5. The Labute approximate surface area is 161 Å². The molecule has 0 bridgehead atoms. The monoisotopic (exact) mass is 385 g/mol. The van der Waals surface area contributed by atoms with Crippen molar-refractivity contribution in [3.05, 3.63) is 66.1 Å². The maximum absolute atomic E-state index is 12.0. The first-order valence-corrected chi connectivity index (χ1v) is 10.2. The zero-order valence-electron chi connectivity index (χ0n) is 14.3. The molecule has 5 nitrogen and oxygen atoms in total. The van der Waals surface area contributed by atoms with Crippen LogP contribution in [0.3, 0.4) is 0 Å². The van der Waals surface area contributed by atoms with Gasteiger partial charge in [0.05, 0.1) is 12.2 Å². The van der Waals surface area contributed by atoms with Crippen LogP contribution in [-0.4, -0.2) is 27.6 Å². The Morgan fingerprint density at radius 1 is 1.00 bits per heavy atom. The number of anilines is 1. The Morgan fingerprint density at radius 3 is 2.46 bits per heavy atom. The van der Waals surface area contributed by atoms with E-state index in [0.717, 1.165) is 16.2 Å². The van der Waals surface area contributed by atoms with Crippen LogP contribution in [0.4, 0.5) is 6.01 Å². The second-order valence-corrected chi connectivity index (χ2v) is 7.79. The number of aromatic nitrogens is 2. The molecule has 0 unspecified atom stereocenters. The van der Waals surface area contributed by atoms with Gasteiger partial charge in [-0.15, -0.1) is 28.6 Å². The summed E-state index contributed by atoms with van der Waals surface area (Å²) in [6, 6.07) is 18.2. The number of hydrogen-bond acceptors (Lipinski definition) is 6. The van der Waals surface area contributed by atoms with E-state index < -0.39 is 0 Å². The van der Waals surface area contributed by atoms with Gasteiger partial charge in [-0.2, -0.15) is 0 Å². The molecule has 3 rings (SSSR count). The van der Waals surface area contributed by atoms with E-state index in [1.165, 1.54) is 16.7 Å². The van der Waals surface area contributed by atoms with Crippen LogP contribution in [0.15, 0.2) is 68.8 Å². The van der Waals surface area contributed by atoms with Crippen molar-refractivity contribution in [2.75, 3.05) is 16.8 Å². The number of nitrogens with one attached hydrogen (secondary N) is 1. The molecular formula is C19H19N3O2S2. The quantitative estimate of drug-likeness (QED) is 0.576. The van der Waals surface area contributed by atoms with Gasteiger partial charge in [-0.25, -0.2) is 0 Å². The van der Waals surface area contributed by atoms with Crippen LogP contribution in [0.1, 0.15) is 18.4 Å². The number of amides is 1. The minimum Gasteiger partial charge on any atom is -0.407 e. The second kappa shape index (κ2) is 9.45. The summed E-state index contributed by atoms with van der Waals surface area (Å²) in [6.07, 6.45) is 0.540. The Hall–Kier alpha value is -2.25. The minimum atomic E-state index is -0.171. The van der Waals surface area contributed by atoms with E-state index in [1.807, 2.05) is 30.3 Å². The molecule has 0 atom stereocenters. The molecule has 134 valence electrons. The summed E-state index contributed by atoms with van der Waals surface area (Å²) in [5.41, 5.74) is 1.09. The summed E-state index contributed by atoms with van der Waals surface area (Å²) in [5.74, 6) is 1.65. The summed E-state index contributed by atoms with van der Waals surface area (Å²) in [4.78, 5) is 14.3. The third kappa shape index (κ3) is 5.64. The lowest BCUT2D eigenvalue weighted by Gasteiger charge is -2.01. The SMILES string of the molecule is CCSc1ccc(Cc2nnc(NC(=O)CSc3ccccc3)o2)cc1. The van der Waals surface area contributed by atoms with E-state index >= 15 is 0 Å². The number of hydrogen-bond donors (Lipinski definition) is 1. The van der Waals surface area contributed by atoms with E-state index in [9.17, 15) is 4.79 Å². The smallest absolute Gasteiger partial charge is 0.322 e. The molecule has 0 fully saturated rings. The van der Waals surface area contributed by atoms with Gasteiger partial charge in [0, 0.05) is 9.79 Å². The maximum atomic E-state index is 12.0. The number of benzene rings is 2. The highest BCUT2D eigenvalue weighted by Crippen LogP contribution is 2.20. The van der Waals surface area contributed by atoms with Crippen LogP contribution in [0.2, 0.25) is 0 Å². The molecule has 0 saturated heterocycles. The summed E-state index contributed by atoms with van der Waals surface area (Å²) < 4.78 is 5.52. The average molecular weight is 386 g/mol. The molecule has 26 heavy (non-hydrogen) atoms. The summed E-state index contributed by atoms with van der Waals surface area (Å²) >= 11 is 3.26. The molecule has 0 aliphatic carbocycles. The molecule has 1 heterocycles. The minimum absolute atomic E-state index is 0.136. The van der Waals surface area contributed by atoms with E-state index in [2.05, 4.69) is 46.7 Å². The maximum Gasteiger partial charge on any atom is 0.322 e.